The predicted octanol–water partition coefficient (Wildman–Crippen LogP) is 3.46. The minimum absolute atomic E-state index is 0.159. The first-order chi connectivity index (χ1) is 7.58. The van der Waals surface area contributed by atoms with Crippen LogP contribution < -0.4 is 0 Å². The Morgan fingerprint density at radius 1 is 1.44 bits per heavy atom. The smallest absolute Gasteiger partial charge is 0.306 e. The lowest BCUT2D eigenvalue weighted by molar-refractivity contribution is -0.142. The molecule has 0 amide bonds. The van der Waals surface area contributed by atoms with Crippen molar-refractivity contribution in [2.45, 2.75) is 38.5 Å². The third-order valence-corrected chi connectivity index (χ3v) is 4.80. The first-order valence-corrected chi connectivity index (χ1v) is 6.63. The Morgan fingerprint density at radius 2 is 2.06 bits per heavy atom. The highest BCUT2D eigenvalue weighted by molar-refractivity contribution is 7.16. The van der Waals surface area contributed by atoms with Crippen LogP contribution in [-0.4, -0.2) is 16.1 Å². The summed E-state index contributed by atoms with van der Waals surface area (Å²) in [5.74, 6) is -0.411. The van der Waals surface area contributed by atoms with E-state index in [1.807, 2.05) is 6.92 Å². The van der Waals surface area contributed by atoms with Crippen molar-refractivity contribution in [2.75, 3.05) is 0 Å². The minimum atomic E-state index is -0.660. The number of carboxylic acid groups (broad SMARTS) is 1. The topological polar surface area (TPSA) is 50.2 Å². The molecule has 1 N–H and O–H groups in total. The number of hydrogen-bond acceptors (Lipinski definition) is 3. The largest absolute Gasteiger partial charge is 0.481 e. The second-order valence-electron chi connectivity index (χ2n) is 4.30. The van der Waals surface area contributed by atoms with E-state index in [1.54, 1.807) is 0 Å². The van der Waals surface area contributed by atoms with Crippen LogP contribution in [0.25, 0.3) is 0 Å². The highest BCUT2D eigenvalue weighted by atomic mass is 35.5. The van der Waals surface area contributed by atoms with Gasteiger partial charge in [0.25, 0.3) is 0 Å². The molecule has 1 fully saturated rings. The van der Waals surface area contributed by atoms with Gasteiger partial charge in [0.2, 0.25) is 0 Å². The minimum Gasteiger partial charge on any atom is -0.481 e. The fourth-order valence-corrected chi connectivity index (χ4v) is 3.40. The van der Waals surface area contributed by atoms with Crippen molar-refractivity contribution in [3.05, 3.63) is 15.0 Å². The Kier molecular flexibility index (Phi) is 3.50. The Balaban J connectivity index is 2.01. The van der Waals surface area contributed by atoms with Crippen LogP contribution >= 0.6 is 22.9 Å². The average Bonchev–Trinajstić information content (AvgIpc) is 2.59. The van der Waals surface area contributed by atoms with Crippen LogP contribution in [0.1, 0.15) is 42.3 Å². The van der Waals surface area contributed by atoms with Gasteiger partial charge < -0.3 is 5.11 Å². The molecule has 1 aliphatic rings. The van der Waals surface area contributed by atoms with E-state index in [-0.39, 0.29) is 5.92 Å². The zero-order valence-electron chi connectivity index (χ0n) is 9.07. The first-order valence-electron chi connectivity index (χ1n) is 5.43. The summed E-state index contributed by atoms with van der Waals surface area (Å²) in [5, 5.41) is 9.98. The van der Waals surface area contributed by atoms with Crippen LogP contribution in [0.5, 0.6) is 0 Å². The highest BCUT2D eigenvalue weighted by Crippen LogP contribution is 2.39. The second kappa shape index (κ2) is 4.72. The highest BCUT2D eigenvalue weighted by Gasteiger charge is 2.28. The quantitative estimate of drug-likeness (QED) is 0.885. The standard InChI is InChI=1S/C11H14ClNO2S/c1-6-9(12)16-10(13-6)7-2-4-8(5-3-7)11(14)15/h7-8H,2-5H2,1H3,(H,14,15)/t7-,8-. The summed E-state index contributed by atoms with van der Waals surface area (Å²) >= 11 is 7.53. The van der Waals surface area contributed by atoms with Crippen molar-refractivity contribution >= 4 is 28.9 Å². The number of halogens is 1. The Hall–Kier alpha value is -0.610. The van der Waals surface area contributed by atoms with Crippen LogP contribution in [0.2, 0.25) is 4.34 Å². The molecular formula is C11H14ClNO2S. The lowest BCUT2D eigenvalue weighted by atomic mass is 9.82. The van der Waals surface area contributed by atoms with Gasteiger partial charge in [-0.3, -0.25) is 4.79 Å². The van der Waals surface area contributed by atoms with Crippen molar-refractivity contribution in [3.63, 3.8) is 0 Å². The zero-order chi connectivity index (χ0) is 11.7. The molecule has 0 atom stereocenters. The van der Waals surface area contributed by atoms with Crippen LogP contribution in [0.3, 0.4) is 0 Å². The van der Waals surface area contributed by atoms with Gasteiger partial charge in [0.1, 0.15) is 4.34 Å². The van der Waals surface area contributed by atoms with Crippen molar-refractivity contribution < 1.29 is 9.90 Å². The van der Waals surface area contributed by atoms with E-state index in [9.17, 15) is 4.79 Å². The van der Waals surface area contributed by atoms with E-state index in [0.717, 1.165) is 40.7 Å². The number of carbonyl (C=O) groups is 1. The van der Waals surface area contributed by atoms with E-state index in [0.29, 0.717) is 5.92 Å². The molecule has 1 aromatic heterocycles. The summed E-state index contributed by atoms with van der Waals surface area (Å²) in [7, 11) is 0. The molecule has 0 bridgehead atoms. The lowest BCUT2D eigenvalue weighted by Crippen LogP contribution is -2.20. The van der Waals surface area contributed by atoms with Gasteiger partial charge in [-0.15, -0.1) is 11.3 Å². The van der Waals surface area contributed by atoms with Crippen molar-refractivity contribution in [3.8, 4) is 0 Å². The maximum atomic E-state index is 10.8. The van der Waals surface area contributed by atoms with Crippen LogP contribution in [0.15, 0.2) is 0 Å². The fourth-order valence-electron chi connectivity index (χ4n) is 2.16. The van der Waals surface area contributed by atoms with E-state index in [2.05, 4.69) is 4.98 Å². The molecule has 1 heterocycles. The molecule has 3 nitrogen and oxygen atoms in total. The van der Waals surface area contributed by atoms with Gasteiger partial charge in [-0.1, -0.05) is 11.6 Å². The van der Waals surface area contributed by atoms with Gasteiger partial charge in [0, 0.05) is 5.92 Å². The van der Waals surface area contributed by atoms with E-state index < -0.39 is 5.97 Å². The molecule has 5 heteroatoms. The number of nitrogens with zero attached hydrogens (tertiary/aromatic N) is 1. The Bertz CT molecular complexity index is 377. The molecule has 0 spiro atoms. The monoisotopic (exact) mass is 259 g/mol. The SMILES string of the molecule is Cc1nc([C@H]2CC[C@H](C(=O)O)CC2)sc1Cl. The van der Waals surface area contributed by atoms with Gasteiger partial charge >= 0.3 is 5.97 Å². The summed E-state index contributed by atoms with van der Waals surface area (Å²) < 4.78 is 0.760. The van der Waals surface area contributed by atoms with Crippen LogP contribution in [0.4, 0.5) is 0 Å². The summed E-state index contributed by atoms with van der Waals surface area (Å²) in [5.41, 5.74) is 0.891. The van der Waals surface area contributed by atoms with Crippen molar-refractivity contribution in [1.82, 2.24) is 4.98 Å². The molecule has 0 saturated heterocycles. The van der Waals surface area contributed by atoms with Crippen molar-refractivity contribution in [1.29, 1.82) is 0 Å². The van der Waals surface area contributed by atoms with Gasteiger partial charge in [-0.05, 0) is 32.6 Å². The zero-order valence-corrected chi connectivity index (χ0v) is 10.6. The summed E-state index contributed by atoms with van der Waals surface area (Å²) in [6.07, 6.45) is 3.35. The first kappa shape index (κ1) is 11.9. The maximum absolute atomic E-state index is 10.8. The number of hydrogen-bond donors (Lipinski definition) is 1. The third-order valence-electron chi connectivity index (χ3n) is 3.18. The second-order valence-corrected chi connectivity index (χ2v) is 5.93. The molecule has 0 radical (unpaired) electrons. The number of aryl methyl sites for hydroxylation is 1. The fraction of sp³-hybridized carbons (Fsp3) is 0.636. The van der Waals surface area contributed by atoms with Gasteiger partial charge in [0.15, 0.2) is 0 Å². The van der Waals surface area contributed by atoms with E-state index in [4.69, 9.17) is 16.7 Å². The van der Waals surface area contributed by atoms with Gasteiger partial charge in [0.05, 0.1) is 16.6 Å². The van der Waals surface area contributed by atoms with E-state index >= 15 is 0 Å². The molecule has 1 saturated carbocycles. The number of carboxylic acids is 1. The summed E-state index contributed by atoms with van der Waals surface area (Å²) in [6, 6.07) is 0. The molecule has 16 heavy (non-hydrogen) atoms. The normalized spacial score (nSPS) is 25.6. The van der Waals surface area contributed by atoms with Gasteiger partial charge in [-0.2, -0.15) is 0 Å². The van der Waals surface area contributed by atoms with Crippen LogP contribution in [-0.2, 0) is 4.79 Å². The molecule has 0 aromatic carbocycles. The molecular weight excluding hydrogens is 246 g/mol. The molecule has 0 unspecified atom stereocenters. The number of rotatable bonds is 2. The molecule has 88 valence electrons. The predicted molar refractivity (Wildman–Crippen MR) is 64.2 cm³/mol. The third kappa shape index (κ3) is 2.38. The Morgan fingerprint density at radius 3 is 2.50 bits per heavy atom. The lowest BCUT2D eigenvalue weighted by Gasteiger charge is -2.24. The number of thiazole rings is 1. The number of aromatic nitrogens is 1. The summed E-state index contributed by atoms with van der Waals surface area (Å²) in [4.78, 5) is 15.3. The van der Waals surface area contributed by atoms with Crippen molar-refractivity contribution in [2.24, 2.45) is 5.92 Å². The Labute approximate surface area is 103 Å². The molecule has 2 rings (SSSR count). The average molecular weight is 260 g/mol. The molecule has 0 aliphatic heterocycles. The number of aliphatic carboxylic acids is 1. The molecule has 1 aromatic rings. The van der Waals surface area contributed by atoms with Gasteiger partial charge in [-0.25, -0.2) is 4.98 Å². The van der Waals surface area contributed by atoms with Crippen LogP contribution in [0, 0.1) is 12.8 Å². The maximum Gasteiger partial charge on any atom is 0.306 e. The van der Waals surface area contributed by atoms with E-state index in [1.165, 1.54) is 11.3 Å². The molecule has 1 aliphatic carbocycles. The summed E-state index contributed by atoms with van der Waals surface area (Å²) in [6.45, 7) is 1.91.